The summed E-state index contributed by atoms with van der Waals surface area (Å²) in [5.74, 6) is 0.355. The Balaban J connectivity index is 1.81. The predicted molar refractivity (Wildman–Crippen MR) is 124 cm³/mol. The van der Waals surface area contributed by atoms with E-state index in [4.69, 9.17) is 16.3 Å². The van der Waals surface area contributed by atoms with Crippen LogP contribution in [0.3, 0.4) is 0 Å². The number of methoxy groups -OCH3 is 1. The SMILES string of the molecule is COc1ccc(Br)cc1C(=O)Nc1cc(Cl)ccc1N1CCN(C(=O)C(C)C)CC1. The van der Waals surface area contributed by atoms with E-state index in [0.717, 1.165) is 10.2 Å². The zero-order valence-electron chi connectivity index (χ0n) is 17.2. The van der Waals surface area contributed by atoms with Crippen LogP contribution in [0.5, 0.6) is 5.75 Å². The van der Waals surface area contributed by atoms with Crippen LogP contribution in [-0.4, -0.2) is 50.0 Å². The van der Waals surface area contributed by atoms with Gasteiger partial charge < -0.3 is 19.9 Å². The second-order valence-corrected chi connectivity index (χ2v) is 8.78. The van der Waals surface area contributed by atoms with E-state index >= 15 is 0 Å². The van der Waals surface area contributed by atoms with Gasteiger partial charge in [-0.05, 0) is 36.4 Å². The van der Waals surface area contributed by atoms with Crippen molar-refractivity contribution in [3.05, 3.63) is 51.5 Å². The van der Waals surface area contributed by atoms with Crippen molar-refractivity contribution in [2.24, 2.45) is 5.92 Å². The molecule has 3 rings (SSSR count). The van der Waals surface area contributed by atoms with E-state index in [1.807, 2.05) is 30.9 Å². The van der Waals surface area contributed by atoms with E-state index in [2.05, 4.69) is 26.1 Å². The second kappa shape index (κ2) is 9.71. The van der Waals surface area contributed by atoms with Crippen molar-refractivity contribution in [3.8, 4) is 5.75 Å². The molecule has 0 bridgehead atoms. The third kappa shape index (κ3) is 5.08. The Labute approximate surface area is 190 Å². The lowest BCUT2D eigenvalue weighted by molar-refractivity contribution is -0.134. The Morgan fingerprint density at radius 2 is 1.80 bits per heavy atom. The summed E-state index contributed by atoms with van der Waals surface area (Å²) in [7, 11) is 1.53. The van der Waals surface area contributed by atoms with Gasteiger partial charge in [0.15, 0.2) is 0 Å². The summed E-state index contributed by atoms with van der Waals surface area (Å²) in [6, 6.07) is 10.7. The van der Waals surface area contributed by atoms with Gasteiger partial charge in [-0.2, -0.15) is 0 Å². The number of nitrogens with zero attached hydrogens (tertiary/aromatic N) is 2. The zero-order valence-corrected chi connectivity index (χ0v) is 19.6. The summed E-state index contributed by atoms with van der Waals surface area (Å²) in [5.41, 5.74) is 1.92. The quantitative estimate of drug-likeness (QED) is 0.656. The highest BCUT2D eigenvalue weighted by Gasteiger charge is 2.25. The van der Waals surface area contributed by atoms with E-state index in [1.165, 1.54) is 7.11 Å². The fraction of sp³-hybridized carbons (Fsp3) is 0.364. The molecule has 0 aromatic heterocycles. The first-order valence-corrected chi connectivity index (χ1v) is 11.0. The highest BCUT2D eigenvalue weighted by Crippen LogP contribution is 2.32. The first kappa shape index (κ1) is 22.4. The molecule has 0 radical (unpaired) electrons. The minimum atomic E-state index is -0.287. The molecule has 30 heavy (non-hydrogen) atoms. The average molecular weight is 495 g/mol. The van der Waals surface area contributed by atoms with Gasteiger partial charge in [-0.3, -0.25) is 9.59 Å². The number of piperazine rings is 1. The summed E-state index contributed by atoms with van der Waals surface area (Å²) in [6.07, 6.45) is 0. The zero-order chi connectivity index (χ0) is 21.8. The van der Waals surface area contributed by atoms with Gasteiger partial charge in [0.2, 0.25) is 5.91 Å². The molecule has 1 saturated heterocycles. The van der Waals surface area contributed by atoms with Gasteiger partial charge in [-0.15, -0.1) is 0 Å². The van der Waals surface area contributed by atoms with Gasteiger partial charge in [0.05, 0.1) is 24.0 Å². The molecular weight excluding hydrogens is 470 g/mol. The van der Waals surface area contributed by atoms with Gasteiger partial charge in [-0.1, -0.05) is 41.4 Å². The Hall–Kier alpha value is -2.25. The Morgan fingerprint density at radius 3 is 2.43 bits per heavy atom. The van der Waals surface area contributed by atoms with Crippen molar-refractivity contribution in [1.82, 2.24) is 4.90 Å². The van der Waals surface area contributed by atoms with E-state index in [1.54, 1.807) is 24.3 Å². The van der Waals surface area contributed by atoms with Crippen LogP contribution in [0.15, 0.2) is 40.9 Å². The van der Waals surface area contributed by atoms with E-state index in [-0.39, 0.29) is 17.7 Å². The minimum Gasteiger partial charge on any atom is -0.496 e. The number of benzene rings is 2. The van der Waals surface area contributed by atoms with Gasteiger partial charge >= 0.3 is 0 Å². The highest BCUT2D eigenvalue weighted by atomic mass is 79.9. The smallest absolute Gasteiger partial charge is 0.259 e. The topological polar surface area (TPSA) is 61.9 Å². The summed E-state index contributed by atoms with van der Waals surface area (Å²) < 4.78 is 6.11. The predicted octanol–water partition coefficient (Wildman–Crippen LogP) is 4.67. The van der Waals surface area contributed by atoms with Crippen LogP contribution in [0.2, 0.25) is 5.02 Å². The lowest BCUT2D eigenvalue weighted by atomic mass is 10.1. The van der Waals surface area contributed by atoms with Crippen LogP contribution in [-0.2, 0) is 4.79 Å². The Bertz CT molecular complexity index is 943. The fourth-order valence-electron chi connectivity index (χ4n) is 3.46. The number of halogens is 2. The maximum atomic E-state index is 13.0. The van der Waals surface area contributed by atoms with Gasteiger partial charge in [0.25, 0.3) is 5.91 Å². The molecule has 0 atom stereocenters. The van der Waals surface area contributed by atoms with E-state index in [9.17, 15) is 9.59 Å². The number of amides is 2. The summed E-state index contributed by atoms with van der Waals surface area (Å²) in [5, 5.41) is 3.50. The molecule has 1 aliphatic rings. The molecule has 1 heterocycles. The number of carbonyl (C=O) groups excluding carboxylic acids is 2. The molecule has 1 aliphatic heterocycles. The van der Waals surface area contributed by atoms with Gasteiger partial charge in [0, 0.05) is 41.6 Å². The number of nitrogens with one attached hydrogen (secondary N) is 1. The third-order valence-corrected chi connectivity index (χ3v) is 5.77. The molecule has 0 unspecified atom stereocenters. The van der Waals surface area contributed by atoms with Crippen molar-refractivity contribution in [1.29, 1.82) is 0 Å². The van der Waals surface area contributed by atoms with Crippen LogP contribution in [0, 0.1) is 5.92 Å². The number of carbonyl (C=O) groups is 2. The van der Waals surface area contributed by atoms with Crippen molar-refractivity contribution in [3.63, 3.8) is 0 Å². The molecule has 160 valence electrons. The van der Waals surface area contributed by atoms with Crippen molar-refractivity contribution in [2.75, 3.05) is 43.5 Å². The van der Waals surface area contributed by atoms with Crippen LogP contribution in [0.4, 0.5) is 11.4 Å². The lowest BCUT2D eigenvalue weighted by Crippen LogP contribution is -2.50. The molecule has 0 spiro atoms. The lowest BCUT2D eigenvalue weighted by Gasteiger charge is -2.37. The number of hydrogen-bond acceptors (Lipinski definition) is 4. The highest BCUT2D eigenvalue weighted by molar-refractivity contribution is 9.10. The standard InChI is InChI=1S/C22H25BrClN3O3/c1-14(2)22(29)27-10-8-26(9-11-27)19-6-5-16(24)13-18(19)25-21(28)17-12-15(23)4-7-20(17)30-3/h4-7,12-14H,8-11H2,1-3H3,(H,25,28). The second-order valence-electron chi connectivity index (χ2n) is 7.43. The molecule has 2 aromatic rings. The number of ether oxygens (including phenoxy) is 1. The normalized spacial score (nSPS) is 14.1. The van der Waals surface area contributed by atoms with Crippen molar-refractivity contribution in [2.45, 2.75) is 13.8 Å². The maximum absolute atomic E-state index is 13.0. The van der Waals surface area contributed by atoms with Gasteiger partial charge in [-0.25, -0.2) is 0 Å². The average Bonchev–Trinajstić information content (AvgIpc) is 2.73. The molecule has 2 amide bonds. The van der Waals surface area contributed by atoms with Crippen molar-refractivity contribution >= 4 is 50.7 Å². The molecule has 0 saturated carbocycles. The maximum Gasteiger partial charge on any atom is 0.259 e. The Morgan fingerprint density at radius 1 is 1.10 bits per heavy atom. The number of rotatable bonds is 5. The monoisotopic (exact) mass is 493 g/mol. The first-order chi connectivity index (χ1) is 14.3. The first-order valence-electron chi connectivity index (χ1n) is 9.78. The van der Waals surface area contributed by atoms with Crippen LogP contribution in [0.1, 0.15) is 24.2 Å². The molecular formula is C22H25BrClN3O3. The molecule has 6 nitrogen and oxygen atoms in total. The molecule has 1 fully saturated rings. The molecule has 0 aliphatic carbocycles. The largest absolute Gasteiger partial charge is 0.496 e. The van der Waals surface area contributed by atoms with Crippen molar-refractivity contribution < 1.29 is 14.3 Å². The van der Waals surface area contributed by atoms with Crippen LogP contribution < -0.4 is 15.0 Å². The summed E-state index contributed by atoms with van der Waals surface area (Å²) in [6.45, 7) is 6.49. The summed E-state index contributed by atoms with van der Waals surface area (Å²) in [4.78, 5) is 29.3. The summed E-state index contributed by atoms with van der Waals surface area (Å²) >= 11 is 9.61. The molecule has 8 heteroatoms. The van der Waals surface area contributed by atoms with Crippen LogP contribution in [0.25, 0.3) is 0 Å². The minimum absolute atomic E-state index is 0.0119. The van der Waals surface area contributed by atoms with E-state index < -0.39 is 0 Å². The van der Waals surface area contributed by atoms with Gasteiger partial charge in [0.1, 0.15) is 5.75 Å². The number of hydrogen-bond donors (Lipinski definition) is 1. The molecule has 1 N–H and O–H groups in total. The third-order valence-electron chi connectivity index (χ3n) is 5.04. The van der Waals surface area contributed by atoms with E-state index in [0.29, 0.717) is 48.2 Å². The van der Waals surface area contributed by atoms with Crippen LogP contribution >= 0.6 is 27.5 Å². The number of anilines is 2. The Kier molecular flexibility index (Phi) is 7.26. The molecule has 2 aromatic carbocycles. The fourth-order valence-corrected chi connectivity index (χ4v) is 4.00.